The largest absolute Gasteiger partial charge is 0.368 e. The molecule has 1 unspecified atom stereocenters. The van der Waals surface area contributed by atoms with Gasteiger partial charge in [-0.25, -0.2) is 0 Å². The van der Waals surface area contributed by atoms with E-state index < -0.39 is 0 Å². The molecular weight excluding hydrogens is 316 g/mol. The van der Waals surface area contributed by atoms with Crippen LogP contribution in [0.3, 0.4) is 0 Å². The molecular formula is C16H23ClN4O2. The van der Waals surface area contributed by atoms with Crippen molar-refractivity contribution < 1.29 is 9.59 Å². The summed E-state index contributed by atoms with van der Waals surface area (Å²) < 4.78 is 0. The Labute approximate surface area is 141 Å². The topological polar surface area (TPSA) is 78.7 Å². The summed E-state index contributed by atoms with van der Waals surface area (Å²) in [6.45, 7) is 4.81. The van der Waals surface area contributed by atoms with Crippen LogP contribution in [0.2, 0.25) is 5.02 Å². The lowest BCUT2D eigenvalue weighted by Crippen LogP contribution is -2.51. The zero-order valence-electron chi connectivity index (χ0n) is 13.3. The first-order chi connectivity index (χ1) is 11.0. The van der Waals surface area contributed by atoms with Gasteiger partial charge < -0.3 is 20.9 Å². The Balaban J connectivity index is 1.80. The van der Waals surface area contributed by atoms with Gasteiger partial charge in [-0.05, 0) is 18.2 Å². The summed E-state index contributed by atoms with van der Waals surface area (Å²) in [5.74, 6) is -0.519. The van der Waals surface area contributed by atoms with Crippen LogP contribution in [0.5, 0.6) is 0 Å². The standard InChI is InChI=1S/C16H23ClN4O2/c1-12(10-18)16(23)19-11-15(22)21-7-5-20(6-8-21)14-4-2-3-13(17)9-14/h2-4,9,12H,5-8,10-11,18H2,1H3,(H,19,23). The number of hydrogen-bond acceptors (Lipinski definition) is 4. The van der Waals surface area contributed by atoms with Gasteiger partial charge in [0.05, 0.1) is 6.54 Å². The Hall–Kier alpha value is -1.79. The van der Waals surface area contributed by atoms with Gasteiger partial charge in [0, 0.05) is 49.4 Å². The van der Waals surface area contributed by atoms with Gasteiger partial charge in [-0.2, -0.15) is 0 Å². The lowest BCUT2D eigenvalue weighted by molar-refractivity contribution is -0.133. The molecule has 0 aromatic heterocycles. The molecule has 1 aromatic carbocycles. The van der Waals surface area contributed by atoms with Crippen LogP contribution in [0.15, 0.2) is 24.3 Å². The third kappa shape index (κ3) is 4.84. The molecule has 126 valence electrons. The zero-order valence-corrected chi connectivity index (χ0v) is 14.1. The summed E-state index contributed by atoms with van der Waals surface area (Å²) in [6.07, 6.45) is 0. The predicted octanol–water partition coefficient (Wildman–Crippen LogP) is 0.700. The second-order valence-corrected chi connectivity index (χ2v) is 6.14. The number of carbonyl (C=O) groups is 2. The number of nitrogens with two attached hydrogens (primary N) is 1. The number of hydrogen-bond donors (Lipinski definition) is 2. The summed E-state index contributed by atoms with van der Waals surface area (Å²) in [5.41, 5.74) is 6.50. The molecule has 1 heterocycles. The molecule has 0 radical (unpaired) electrons. The van der Waals surface area contributed by atoms with E-state index in [2.05, 4.69) is 10.2 Å². The van der Waals surface area contributed by atoms with Crippen molar-refractivity contribution >= 4 is 29.1 Å². The number of rotatable bonds is 5. The number of nitrogens with zero attached hydrogens (tertiary/aromatic N) is 2. The van der Waals surface area contributed by atoms with E-state index in [-0.39, 0.29) is 30.8 Å². The van der Waals surface area contributed by atoms with Crippen molar-refractivity contribution in [3.63, 3.8) is 0 Å². The van der Waals surface area contributed by atoms with Crippen molar-refractivity contribution in [2.75, 3.05) is 44.2 Å². The van der Waals surface area contributed by atoms with Crippen LogP contribution < -0.4 is 16.0 Å². The van der Waals surface area contributed by atoms with E-state index in [0.717, 1.165) is 18.8 Å². The van der Waals surface area contributed by atoms with Gasteiger partial charge in [-0.15, -0.1) is 0 Å². The van der Waals surface area contributed by atoms with Gasteiger partial charge in [-0.3, -0.25) is 9.59 Å². The third-order valence-corrected chi connectivity index (χ3v) is 4.26. The number of nitrogens with one attached hydrogen (secondary N) is 1. The molecule has 1 aromatic rings. The van der Waals surface area contributed by atoms with E-state index in [1.54, 1.807) is 11.8 Å². The average Bonchev–Trinajstić information content (AvgIpc) is 2.58. The molecule has 2 amide bonds. The molecule has 7 heteroatoms. The summed E-state index contributed by atoms with van der Waals surface area (Å²) in [5, 5.41) is 3.35. The lowest BCUT2D eigenvalue weighted by atomic mass is 10.2. The van der Waals surface area contributed by atoms with Gasteiger partial charge in [0.2, 0.25) is 11.8 Å². The number of amides is 2. The van der Waals surface area contributed by atoms with E-state index >= 15 is 0 Å². The fraction of sp³-hybridized carbons (Fsp3) is 0.500. The smallest absolute Gasteiger partial charge is 0.242 e. The van der Waals surface area contributed by atoms with Crippen molar-refractivity contribution in [2.45, 2.75) is 6.92 Å². The number of piperazine rings is 1. The first-order valence-corrected chi connectivity index (χ1v) is 8.15. The number of carbonyl (C=O) groups excluding carboxylic acids is 2. The molecule has 3 N–H and O–H groups in total. The summed E-state index contributed by atoms with van der Waals surface area (Å²) in [6, 6.07) is 7.70. The van der Waals surface area contributed by atoms with Gasteiger partial charge >= 0.3 is 0 Å². The maximum absolute atomic E-state index is 12.2. The van der Waals surface area contributed by atoms with E-state index in [9.17, 15) is 9.59 Å². The Morgan fingerprint density at radius 1 is 1.30 bits per heavy atom. The van der Waals surface area contributed by atoms with Crippen molar-refractivity contribution in [1.82, 2.24) is 10.2 Å². The van der Waals surface area contributed by atoms with E-state index in [1.807, 2.05) is 24.3 Å². The normalized spacial score (nSPS) is 16.1. The van der Waals surface area contributed by atoms with Gasteiger partial charge in [-0.1, -0.05) is 24.6 Å². The zero-order chi connectivity index (χ0) is 16.8. The van der Waals surface area contributed by atoms with E-state index in [1.165, 1.54) is 0 Å². The van der Waals surface area contributed by atoms with Crippen LogP contribution in [-0.2, 0) is 9.59 Å². The minimum absolute atomic E-state index is 0.0281. The van der Waals surface area contributed by atoms with Gasteiger partial charge in [0.15, 0.2) is 0 Å². The van der Waals surface area contributed by atoms with E-state index in [0.29, 0.717) is 18.1 Å². The molecule has 1 saturated heterocycles. The summed E-state index contributed by atoms with van der Waals surface area (Å²) >= 11 is 6.01. The molecule has 1 aliphatic heterocycles. The maximum Gasteiger partial charge on any atom is 0.242 e. The van der Waals surface area contributed by atoms with Crippen molar-refractivity contribution in [3.05, 3.63) is 29.3 Å². The van der Waals surface area contributed by atoms with Crippen LogP contribution >= 0.6 is 11.6 Å². The van der Waals surface area contributed by atoms with Crippen molar-refractivity contribution in [1.29, 1.82) is 0 Å². The van der Waals surface area contributed by atoms with Crippen molar-refractivity contribution in [3.8, 4) is 0 Å². The monoisotopic (exact) mass is 338 g/mol. The quantitative estimate of drug-likeness (QED) is 0.828. The van der Waals surface area contributed by atoms with Crippen LogP contribution in [0.1, 0.15) is 6.92 Å². The molecule has 0 aliphatic carbocycles. The van der Waals surface area contributed by atoms with E-state index in [4.69, 9.17) is 17.3 Å². The second-order valence-electron chi connectivity index (χ2n) is 5.70. The highest BCUT2D eigenvalue weighted by atomic mass is 35.5. The Kier molecular flexibility index (Phi) is 6.24. The Morgan fingerprint density at radius 2 is 2.00 bits per heavy atom. The third-order valence-electron chi connectivity index (χ3n) is 4.02. The highest BCUT2D eigenvalue weighted by Gasteiger charge is 2.22. The van der Waals surface area contributed by atoms with Gasteiger partial charge in [0.1, 0.15) is 0 Å². The minimum Gasteiger partial charge on any atom is -0.368 e. The molecule has 1 fully saturated rings. The van der Waals surface area contributed by atoms with Crippen LogP contribution in [0, 0.1) is 5.92 Å². The number of anilines is 1. The number of halogens is 1. The average molecular weight is 339 g/mol. The Bertz CT molecular complexity index is 559. The fourth-order valence-corrected chi connectivity index (χ4v) is 2.63. The fourth-order valence-electron chi connectivity index (χ4n) is 2.44. The molecule has 23 heavy (non-hydrogen) atoms. The highest BCUT2D eigenvalue weighted by molar-refractivity contribution is 6.30. The van der Waals surface area contributed by atoms with Crippen LogP contribution in [0.25, 0.3) is 0 Å². The molecule has 0 spiro atoms. The maximum atomic E-state index is 12.2. The molecule has 0 bridgehead atoms. The molecule has 0 saturated carbocycles. The molecule has 2 rings (SSSR count). The second kappa shape index (κ2) is 8.17. The van der Waals surface area contributed by atoms with Crippen molar-refractivity contribution in [2.24, 2.45) is 11.7 Å². The summed E-state index contributed by atoms with van der Waals surface area (Å²) in [7, 11) is 0. The SMILES string of the molecule is CC(CN)C(=O)NCC(=O)N1CCN(c2cccc(Cl)c2)CC1. The predicted molar refractivity (Wildman–Crippen MR) is 91.5 cm³/mol. The Morgan fingerprint density at radius 3 is 2.61 bits per heavy atom. The van der Waals surface area contributed by atoms with Gasteiger partial charge in [0.25, 0.3) is 0 Å². The number of benzene rings is 1. The molecule has 1 aliphatic rings. The van der Waals surface area contributed by atoms with Crippen LogP contribution in [-0.4, -0.2) is 56.0 Å². The first-order valence-electron chi connectivity index (χ1n) is 7.77. The minimum atomic E-state index is -0.275. The lowest BCUT2D eigenvalue weighted by Gasteiger charge is -2.36. The highest BCUT2D eigenvalue weighted by Crippen LogP contribution is 2.20. The first kappa shape index (κ1) is 17.6. The van der Waals surface area contributed by atoms with Crippen LogP contribution in [0.4, 0.5) is 5.69 Å². The molecule has 6 nitrogen and oxygen atoms in total. The summed E-state index contributed by atoms with van der Waals surface area (Å²) in [4.78, 5) is 27.8. The molecule has 1 atom stereocenters.